The van der Waals surface area contributed by atoms with Crippen molar-refractivity contribution in [3.05, 3.63) is 59.8 Å². The van der Waals surface area contributed by atoms with E-state index in [4.69, 9.17) is 5.10 Å². The summed E-state index contributed by atoms with van der Waals surface area (Å²) in [5, 5.41) is 24.5. The molecule has 1 saturated heterocycles. The smallest absolute Gasteiger partial charge is 0.248 e. The fraction of sp³-hybridized carbons (Fsp3) is 0.467. The molecule has 3 aromatic rings. The fourth-order valence-corrected chi connectivity index (χ4v) is 7.18. The Kier molecular flexibility index (Phi) is 8.63. The first-order valence-electron chi connectivity index (χ1n) is 14.1. The predicted octanol–water partition coefficient (Wildman–Crippen LogP) is 4.44. The second-order valence-corrected chi connectivity index (χ2v) is 13.6. The van der Waals surface area contributed by atoms with Gasteiger partial charge in [-0.3, -0.25) is 4.79 Å². The van der Waals surface area contributed by atoms with Crippen molar-refractivity contribution < 1.29 is 31.5 Å². The van der Waals surface area contributed by atoms with Crippen LogP contribution < -0.4 is 4.90 Å². The number of carbonyl (C=O) groups is 1. The highest BCUT2D eigenvalue weighted by molar-refractivity contribution is 7.91. The molecule has 5 rings (SSSR count). The SMILES string of the molecule is C[C@@H](C#N)CC(=O)[C@@H]1CC(F)(F)CC[C@H]1c1nn(-c2ccc(F)cn2)c(CO)c1-c1ccc(N2CCS(=O)(=O)CC2)cc1. The number of benzene rings is 1. The number of hydrogen-bond donors (Lipinski definition) is 1. The van der Waals surface area contributed by atoms with Crippen LogP contribution in [0.2, 0.25) is 0 Å². The number of carbonyl (C=O) groups excluding carboxylic acids is 1. The van der Waals surface area contributed by atoms with E-state index in [0.717, 1.165) is 11.9 Å². The summed E-state index contributed by atoms with van der Waals surface area (Å²) >= 11 is 0. The third kappa shape index (κ3) is 6.60. The number of aliphatic hydroxyl groups is 1. The minimum Gasteiger partial charge on any atom is -0.390 e. The van der Waals surface area contributed by atoms with Crippen LogP contribution in [-0.2, 0) is 21.2 Å². The fourth-order valence-electron chi connectivity index (χ4n) is 5.98. The van der Waals surface area contributed by atoms with Crippen LogP contribution in [-0.4, -0.2) is 64.6 Å². The molecule has 0 unspecified atom stereocenters. The topological polar surface area (TPSA) is 129 Å². The summed E-state index contributed by atoms with van der Waals surface area (Å²) in [6.45, 7) is 1.76. The molecule has 3 atom stereocenters. The second-order valence-electron chi connectivity index (χ2n) is 11.3. The van der Waals surface area contributed by atoms with E-state index < -0.39 is 64.6 Å². The van der Waals surface area contributed by atoms with Crippen molar-refractivity contribution >= 4 is 21.3 Å². The summed E-state index contributed by atoms with van der Waals surface area (Å²) in [5.74, 6) is -6.25. The van der Waals surface area contributed by atoms with Crippen molar-refractivity contribution in [2.75, 3.05) is 29.5 Å². The van der Waals surface area contributed by atoms with Crippen LogP contribution in [0.1, 0.15) is 49.9 Å². The Labute approximate surface area is 247 Å². The molecular formula is C30H32F3N5O4S. The van der Waals surface area contributed by atoms with Gasteiger partial charge in [0.2, 0.25) is 5.92 Å². The minimum atomic E-state index is -3.07. The summed E-state index contributed by atoms with van der Waals surface area (Å²) in [4.78, 5) is 19.4. The van der Waals surface area contributed by atoms with Crippen molar-refractivity contribution in [3.63, 3.8) is 0 Å². The van der Waals surface area contributed by atoms with Crippen LogP contribution in [0.3, 0.4) is 0 Å². The first-order valence-corrected chi connectivity index (χ1v) is 15.9. The van der Waals surface area contributed by atoms with Crippen LogP contribution in [0.5, 0.6) is 0 Å². The number of halogens is 3. The van der Waals surface area contributed by atoms with Gasteiger partial charge in [0.1, 0.15) is 11.6 Å². The lowest BCUT2D eigenvalue weighted by Crippen LogP contribution is -2.40. The molecule has 2 fully saturated rings. The van der Waals surface area contributed by atoms with E-state index >= 15 is 0 Å². The number of nitriles is 1. The molecule has 2 aliphatic rings. The number of aromatic nitrogens is 3. The first-order chi connectivity index (χ1) is 20.4. The van der Waals surface area contributed by atoms with Gasteiger partial charge < -0.3 is 10.0 Å². The standard InChI is InChI=1S/C30H32F3N5O4S/c1-19(16-34)14-26(40)24-15-30(32,33)9-8-23(24)29-28(25(18-39)38(36-29)27-7-4-21(31)17-35-27)20-2-5-22(6-3-20)37-10-12-43(41,42)13-11-37/h2-7,17,19,23-24,39H,8-15,18H2,1H3/t19-,23-,24-/m1/s1. The number of hydrogen-bond acceptors (Lipinski definition) is 8. The maximum Gasteiger partial charge on any atom is 0.248 e. The summed E-state index contributed by atoms with van der Waals surface area (Å²) in [6, 6.07) is 11.8. The average molecular weight is 616 g/mol. The number of rotatable bonds is 8. The number of aliphatic hydroxyl groups excluding tert-OH is 1. The lowest BCUT2D eigenvalue weighted by atomic mass is 9.71. The lowest BCUT2D eigenvalue weighted by Gasteiger charge is -2.35. The molecule has 3 heterocycles. The van der Waals surface area contributed by atoms with Gasteiger partial charge in [0.15, 0.2) is 15.7 Å². The Morgan fingerprint density at radius 2 is 1.88 bits per heavy atom. The van der Waals surface area contributed by atoms with Crippen LogP contribution >= 0.6 is 0 Å². The highest BCUT2D eigenvalue weighted by atomic mass is 32.2. The number of pyridine rings is 1. The normalized spacial score (nSPS) is 22.1. The number of anilines is 1. The lowest BCUT2D eigenvalue weighted by molar-refractivity contribution is -0.132. The van der Waals surface area contributed by atoms with E-state index in [9.17, 15) is 36.8 Å². The molecule has 1 aliphatic heterocycles. The molecule has 228 valence electrons. The van der Waals surface area contributed by atoms with E-state index in [1.807, 2.05) is 23.1 Å². The van der Waals surface area contributed by atoms with Gasteiger partial charge in [-0.2, -0.15) is 10.4 Å². The molecule has 43 heavy (non-hydrogen) atoms. The van der Waals surface area contributed by atoms with Crippen LogP contribution in [0.25, 0.3) is 16.9 Å². The van der Waals surface area contributed by atoms with Crippen LogP contribution in [0, 0.1) is 29.0 Å². The zero-order chi connectivity index (χ0) is 30.9. The Morgan fingerprint density at radius 3 is 2.49 bits per heavy atom. The number of ketones is 1. The van der Waals surface area contributed by atoms with Crippen LogP contribution in [0.15, 0.2) is 42.6 Å². The van der Waals surface area contributed by atoms with Crippen molar-refractivity contribution in [1.82, 2.24) is 14.8 Å². The molecule has 0 spiro atoms. The van der Waals surface area contributed by atoms with E-state index in [-0.39, 0.29) is 30.2 Å². The van der Waals surface area contributed by atoms with Gasteiger partial charge in [-0.25, -0.2) is 31.3 Å². The molecule has 0 radical (unpaired) electrons. The minimum absolute atomic E-state index is 0.0452. The molecule has 9 nitrogen and oxygen atoms in total. The van der Waals surface area contributed by atoms with Gasteiger partial charge in [-0.1, -0.05) is 12.1 Å². The Balaban J connectivity index is 1.61. The van der Waals surface area contributed by atoms with Crippen molar-refractivity contribution in [2.45, 2.75) is 51.1 Å². The number of Topliss-reactive ketones (excluding diaryl/α,β-unsaturated/α-hetero) is 1. The molecule has 2 aromatic heterocycles. The first kappa shape index (κ1) is 30.7. The summed E-state index contributed by atoms with van der Waals surface area (Å²) in [5.41, 5.74) is 2.50. The van der Waals surface area contributed by atoms with Gasteiger partial charge in [0, 0.05) is 55.4 Å². The Hall–Kier alpha value is -3.76. The van der Waals surface area contributed by atoms with Crippen molar-refractivity contribution in [2.24, 2.45) is 11.8 Å². The van der Waals surface area contributed by atoms with Crippen molar-refractivity contribution in [1.29, 1.82) is 5.26 Å². The third-order valence-electron chi connectivity index (χ3n) is 8.27. The largest absolute Gasteiger partial charge is 0.390 e. The summed E-state index contributed by atoms with van der Waals surface area (Å²) in [7, 11) is -3.07. The Bertz CT molecular complexity index is 1620. The molecule has 1 N–H and O–H groups in total. The van der Waals surface area contributed by atoms with Gasteiger partial charge >= 0.3 is 0 Å². The van der Waals surface area contributed by atoms with E-state index in [1.165, 1.54) is 16.8 Å². The molecule has 1 aliphatic carbocycles. The summed E-state index contributed by atoms with van der Waals surface area (Å²) in [6.07, 6.45) is -0.350. The number of sulfone groups is 1. The molecule has 13 heteroatoms. The second kappa shape index (κ2) is 12.1. The highest BCUT2D eigenvalue weighted by Gasteiger charge is 2.47. The van der Waals surface area contributed by atoms with Crippen molar-refractivity contribution in [3.8, 4) is 23.0 Å². The van der Waals surface area contributed by atoms with E-state index in [0.29, 0.717) is 35.6 Å². The van der Waals surface area contributed by atoms with Gasteiger partial charge in [-0.15, -0.1) is 0 Å². The zero-order valence-corrected chi connectivity index (χ0v) is 24.4. The van der Waals surface area contributed by atoms with Crippen LogP contribution in [0.4, 0.5) is 18.9 Å². The van der Waals surface area contributed by atoms with Gasteiger partial charge in [-0.05, 0) is 43.2 Å². The predicted molar refractivity (Wildman–Crippen MR) is 153 cm³/mol. The molecule has 1 aromatic carbocycles. The monoisotopic (exact) mass is 615 g/mol. The third-order valence-corrected chi connectivity index (χ3v) is 9.88. The van der Waals surface area contributed by atoms with Gasteiger partial charge in [0.25, 0.3) is 0 Å². The summed E-state index contributed by atoms with van der Waals surface area (Å²) < 4.78 is 68.2. The molecular weight excluding hydrogens is 583 g/mol. The van der Waals surface area contributed by atoms with E-state index in [2.05, 4.69) is 4.98 Å². The van der Waals surface area contributed by atoms with Gasteiger partial charge in [0.05, 0.1) is 47.7 Å². The number of alkyl halides is 2. The highest BCUT2D eigenvalue weighted by Crippen LogP contribution is 2.48. The quantitative estimate of drug-likeness (QED) is 0.394. The maximum atomic E-state index is 14.7. The molecule has 0 bridgehead atoms. The zero-order valence-electron chi connectivity index (χ0n) is 23.6. The maximum absolute atomic E-state index is 14.7. The number of nitrogens with zero attached hydrogens (tertiary/aromatic N) is 5. The molecule has 0 amide bonds. The van der Waals surface area contributed by atoms with E-state index in [1.54, 1.807) is 19.1 Å². The Morgan fingerprint density at radius 1 is 1.19 bits per heavy atom. The molecule has 1 saturated carbocycles. The average Bonchev–Trinajstić information content (AvgIpc) is 3.36.